The minimum atomic E-state index is -0.746. The number of esters is 1. The number of hydrogen-bond acceptors (Lipinski definition) is 6. The molecule has 0 radical (unpaired) electrons. The molecule has 0 aliphatic carbocycles. The van der Waals surface area contributed by atoms with E-state index in [0.29, 0.717) is 36.3 Å². The van der Waals surface area contributed by atoms with E-state index in [2.05, 4.69) is 9.98 Å². The van der Waals surface area contributed by atoms with Gasteiger partial charge in [0.2, 0.25) is 5.90 Å². The van der Waals surface area contributed by atoms with Crippen molar-refractivity contribution in [2.45, 2.75) is 13.0 Å². The average Bonchev–Trinajstić information content (AvgIpc) is 3.01. The molecule has 0 saturated carbocycles. The summed E-state index contributed by atoms with van der Waals surface area (Å²) in [6.07, 6.45) is 1.48. The molecule has 0 fully saturated rings. The minimum Gasteiger partial charge on any atom is -0.486 e. The summed E-state index contributed by atoms with van der Waals surface area (Å²) in [5.74, 6) is 1.24. The summed E-state index contributed by atoms with van der Waals surface area (Å²) >= 11 is 0. The monoisotopic (exact) mass is 336 g/mol. The number of carbonyl (C=O) groups is 1. The zero-order chi connectivity index (χ0) is 17.2. The molecule has 25 heavy (non-hydrogen) atoms. The maximum atomic E-state index is 12.0. The Kier molecular flexibility index (Phi) is 3.93. The summed E-state index contributed by atoms with van der Waals surface area (Å²) in [7, 11) is 0. The lowest BCUT2D eigenvalue weighted by Crippen LogP contribution is -2.16. The molecule has 0 amide bonds. The molecule has 0 saturated heterocycles. The van der Waals surface area contributed by atoms with Crippen molar-refractivity contribution in [1.29, 1.82) is 0 Å². The molecule has 126 valence electrons. The zero-order valence-corrected chi connectivity index (χ0v) is 13.6. The van der Waals surface area contributed by atoms with Gasteiger partial charge in [0.1, 0.15) is 13.2 Å². The van der Waals surface area contributed by atoms with Crippen LogP contribution in [-0.2, 0) is 9.53 Å². The summed E-state index contributed by atoms with van der Waals surface area (Å²) in [4.78, 5) is 20.6. The molecule has 6 heteroatoms. The summed E-state index contributed by atoms with van der Waals surface area (Å²) in [6, 6.07) is 12.3. The number of hydrogen-bond donors (Lipinski definition) is 0. The van der Waals surface area contributed by atoms with Crippen molar-refractivity contribution < 1.29 is 19.0 Å². The molecule has 0 spiro atoms. The second-order valence-electron chi connectivity index (χ2n) is 5.77. The SMILES string of the molecule is Cc1ccc(C2=NC(C=Nc3ccc4c(c3)OCCO4)C(=O)O2)cc1. The second-order valence-corrected chi connectivity index (χ2v) is 5.77. The molecular weight excluding hydrogens is 320 g/mol. The summed E-state index contributed by atoms with van der Waals surface area (Å²) in [5, 5.41) is 0. The molecule has 2 aliphatic heterocycles. The number of ether oxygens (including phenoxy) is 3. The Morgan fingerprint density at radius 1 is 1.08 bits per heavy atom. The molecule has 6 nitrogen and oxygen atoms in total. The lowest BCUT2D eigenvalue weighted by Gasteiger charge is -2.18. The van der Waals surface area contributed by atoms with E-state index in [0.717, 1.165) is 11.1 Å². The first-order valence-corrected chi connectivity index (χ1v) is 7.99. The Morgan fingerprint density at radius 2 is 1.84 bits per heavy atom. The van der Waals surface area contributed by atoms with Gasteiger partial charge in [0.25, 0.3) is 0 Å². The van der Waals surface area contributed by atoms with E-state index < -0.39 is 12.0 Å². The van der Waals surface area contributed by atoms with E-state index in [-0.39, 0.29) is 0 Å². The van der Waals surface area contributed by atoms with Crippen LogP contribution in [-0.4, -0.2) is 37.3 Å². The highest BCUT2D eigenvalue weighted by atomic mass is 16.6. The number of carbonyl (C=O) groups excluding carboxylic acids is 1. The number of benzene rings is 2. The Bertz CT molecular complexity index is 871. The Morgan fingerprint density at radius 3 is 2.64 bits per heavy atom. The van der Waals surface area contributed by atoms with Crippen LogP contribution >= 0.6 is 0 Å². The van der Waals surface area contributed by atoms with Gasteiger partial charge in [-0.3, -0.25) is 4.99 Å². The largest absolute Gasteiger partial charge is 0.486 e. The molecule has 1 unspecified atom stereocenters. The van der Waals surface area contributed by atoms with Gasteiger partial charge in [-0.25, -0.2) is 9.79 Å². The van der Waals surface area contributed by atoms with Crippen molar-refractivity contribution in [2.75, 3.05) is 13.2 Å². The van der Waals surface area contributed by atoms with Gasteiger partial charge in [0.05, 0.1) is 5.69 Å². The highest BCUT2D eigenvalue weighted by Gasteiger charge is 2.28. The third kappa shape index (κ3) is 3.24. The molecule has 0 bridgehead atoms. The molecule has 2 aromatic rings. The number of fused-ring (bicyclic) bond motifs is 1. The van der Waals surface area contributed by atoms with Crippen LogP contribution in [0.15, 0.2) is 52.4 Å². The van der Waals surface area contributed by atoms with Gasteiger partial charge < -0.3 is 14.2 Å². The number of aryl methyl sites for hydroxylation is 1. The summed E-state index contributed by atoms with van der Waals surface area (Å²) in [6.45, 7) is 3.05. The van der Waals surface area contributed by atoms with E-state index in [1.165, 1.54) is 6.21 Å². The van der Waals surface area contributed by atoms with Gasteiger partial charge in [-0.2, -0.15) is 0 Å². The van der Waals surface area contributed by atoms with E-state index in [1.54, 1.807) is 18.2 Å². The quantitative estimate of drug-likeness (QED) is 0.638. The van der Waals surface area contributed by atoms with Crippen LogP contribution < -0.4 is 9.47 Å². The third-order valence-electron chi connectivity index (χ3n) is 3.88. The maximum absolute atomic E-state index is 12.0. The smallest absolute Gasteiger partial charge is 0.343 e. The Labute approximate surface area is 144 Å². The maximum Gasteiger partial charge on any atom is 0.343 e. The van der Waals surface area contributed by atoms with Crippen molar-refractivity contribution in [1.82, 2.24) is 0 Å². The number of rotatable bonds is 3. The summed E-state index contributed by atoms with van der Waals surface area (Å²) in [5.41, 5.74) is 2.57. The normalized spacial score (nSPS) is 19.0. The molecule has 0 N–H and O–H groups in total. The van der Waals surface area contributed by atoms with Gasteiger partial charge in [0, 0.05) is 17.8 Å². The number of aliphatic imine (C=N–C) groups is 2. The third-order valence-corrected chi connectivity index (χ3v) is 3.88. The molecule has 2 heterocycles. The first-order chi connectivity index (χ1) is 12.2. The van der Waals surface area contributed by atoms with Gasteiger partial charge in [-0.15, -0.1) is 0 Å². The highest BCUT2D eigenvalue weighted by Crippen LogP contribution is 2.33. The highest BCUT2D eigenvalue weighted by molar-refractivity contribution is 6.11. The fraction of sp³-hybridized carbons (Fsp3) is 0.211. The number of nitrogens with zero attached hydrogens (tertiary/aromatic N) is 2. The lowest BCUT2D eigenvalue weighted by atomic mass is 10.1. The Balaban J connectivity index is 1.52. The molecule has 2 aliphatic rings. The lowest BCUT2D eigenvalue weighted by molar-refractivity contribution is -0.133. The minimum absolute atomic E-state index is 0.323. The van der Waals surface area contributed by atoms with Crippen LogP contribution in [0, 0.1) is 6.92 Å². The van der Waals surface area contributed by atoms with Crippen molar-refractivity contribution in [3.63, 3.8) is 0 Å². The molecular formula is C19H16N2O4. The average molecular weight is 336 g/mol. The van der Waals surface area contributed by atoms with Crippen LogP contribution in [0.1, 0.15) is 11.1 Å². The fourth-order valence-corrected chi connectivity index (χ4v) is 2.55. The van der Waals surface area contributed by atoms with Gasteiger partial charge in [-0.05, 0) is 31.2 Å². The van der Waals surface area contributed by atoms with Gasteiger partial charge >= 0.3 is 5.97 Å². The van der Waals surface area contributed by atoms with Crippen LogP contribution in [0.25, 0.3) is 0 Å². The summed E-state index contributed by atoms with van der Waals surface area (Å²) < 4.78 is 16.2. The van der Waals surface area contributed by atoms with Gasteiger partial charge in [-0.1, -0.05) is 17.7 Å². The second kappa shape index (κ2) is 6.39. The van der Waals surface area contributed by atoms with Crippen LogP contribution in [0.5, 0.6) is 11.5 Å². The van der Waals surface area contributed by atoms with Crippen LogP contribution in [0.4, 0.5) is 5.69 Å². The van der Waals surface area contributed by atoms with E-state index in [9.17, 15) is 4.79 Å². The van der Waals surface area contributed by atoms with Crippen molar-refractivity contribution >= 4 is 23.8 Å². The predicted octanol–water partition coefficient (Wildman–Crippen LogP) is 2.84. The van der Waals surface area contributed by atoms with Gasteiger partial charge in [0.15, 0.2) is 17.5 Å². The molecule has 4 rings (SSSR count). The van der Waals surface area contributed by atoms with E-state index >= 15 is 0 Å². The van der Waals surface area contributed by atoms with Crippen LogP contribution in [0.3, 0.4) is 0 Å². The standard InChI is InChI=1S/C19H16N2O4/c1-12-2-4-13(5-3-12)18-21-15(19(22)25-18)11-20-14-6-7-16-17(10-14)24-9-8-23-16/h2-7,10-11,15H,8-9H2,1H3. The first-order valence-electron chi connectivity index (χ1n) is 7.99. The predicted molar refractivity (Wildman–Crippen MR) is 93.2 cm³/mol. The molecule has 0 aromatic heterocycles. The van der Waals surface area contributed by atoms with E-state index in [4.69, 9.17) is 14.2 Å². The first kappa shape index (κ1) is 15.4. The van der Waals surface area contributed by atoms with Crippen molar-refractivity contribution in [2.24, 2.45) is 9.98 Å². The fourth-order valence-electron chi connectivity index (χ4n) is 2.55. The molecule has 2 aromatic carbocycles. The number of cyclic esters (lactones) is 1. The topological polar surface area (TPSA) is 69.5 Å². The van der Waals surface area contributed by atoms with Crippen molar-refractivity contribution in [3.8, 4) is 11.5 Å². The zero-order valence-electron chi connectivity index (χ0n) is 13.6. The van der Waals surface area contributed by atoms with Crippen molar-refractivity contribution in [3.05, 3.63) is 53.6 Å². The molecule has 1 atom stereocenters. The Hall–Kier alpha value is -3.15. The van der Waals surface area contributed by atoms with Crippen LogP contribution in [0.2, 0.25) is 0 Å². The van der Waals surface area contributed by atoms with E-state index in [1.807, 2.05) is 31.2 Å².